The van der Waals surface area contributed by atoms with E-state index in [0.717, 1.165) is 24.2 Å². The summed E-state index contributed by atoms with van der Waals surface area (Å²) in [5.74, 6) is -0.718. The molecule has 1 heterocycles. The third kappa shape index (κ3) is 4.02. The molecule has 4 amide bonds. The third-order valence-electron chi connectivity index (χ3n) is 6.55. The normalized spacial score (nSPS) is 22.7. The van der Waals surface area contributed by atoms with E-state index < -0.39 is 11.6 Å². The number of urea groups is 1. The molecular formula is C25H27N3O4. The summed E-state index contributed by atoms with van der Waals surface area (Å²) in [5.41, 5.74) is 0.485. The van der Waals surface area contributed by atoms with Crippen molar-refractivity contribution in [2.45, 2.75) is 44.6 Å². The molecule has 2 aliphatic rings. The predicted octanol–water partition coefficient (Wildman–Crippen LogP) is 3.75. The zero-order valence-corrected chi connectivity index (χ0v) is 18.1. The Kier molecular flexibility index (Phi) is 6.08. The number of hydrogen-bond acceptors (Lipinski definition) is 4. The third-order valence-corrected chi connectivity index (χ3v) is 6.55. The fourth-order valence-corrected chi connectivity index (χ4v) is 4.66. The lowest BCUT2D eigenvalue weighted by atomic mass is 9.73. The molecule has 0 unspecified atom stereocenters. The average molecular weight is 434 g/mol. The molecule has 1 saturated heterocycles. The van der Waals surface area contributed by atoms with Gasteiger partial charge in [-0.1, -0.05) is 62.2 Å². The highest BCUT2D eigenvalue weighted by atomic mass is 16.2. The number of anilines is 1. The van der Waals surface area contributed by atoms with Gasteiger partial charge >= 0.3 is 6.03 Å². The first-order valence-corrected chi connectivity index (χ1v) is 11.0. The molecule has 1 aliphatic heterocycles. The van der Waals surface area contributed by atoms with Crippen LogP contribution in [0.3, 0.4) is 0 Å². The summed E-state index contributed by atoms with van der Waals surface area (Å²) in [6, 6.07) is 15.2. The molecule has 0 aromatic heterocycles. The van der Waals surface area contributed by atoms with Crippen LogP contribution in [-0.4, -0.2) is 40.6 Å². The monoisotopic (exact) mass is 433 g/mol. The number of carbonyl (C=O) groups is 4. The molecule has 166 valence electrons. The van der Waals surface area contributed by atoms with Crippen molar-refractivity contribution >= 4 is 29.3 Å². The minimum Gasteiger partial charge on any atom is -0.325 e. The molecule has 0 bridgehead atoms. The summed E-state index contributed by atoms with van der Waals surface area (Å²) in [4.78, 5) is 52.2. The first-order valence-electron chi connectivity index (χ1n) is 11.0. The molecule has 2 aromatic carbocycles. The molecule has 2 fully saturated rings. The smallest absolute Gasteiger partial charge is 0.325 e. The van der Waals surface area contributed by atoms with Crippen LogP contribution in [0.25, 0.3) is 0 Å². The topological polar surface area (TPSA) is 95.6 Å². The van der Waals surface area contributed by atoms with Crippen molar-refractivity contribution in [3.63, 3.8) is 0 Å². The number of amides is 4. The van der Waals surface area contributed by atoms with E-state index in [-0.39, 0.29) is 36.5 Å². The van der Waals surface area contributed by atoms with Crippen molar-refractivity contribution < 1.29 is 19.2 Å². The fraction of sp³-hybridized carbons (Fsp3) is 0.360. The van der Waals surface area contributed by atoms with E-state index in [4.69, 9.17) is 0 Å². The van der Waals surface area contributed by atoms with E-state index in [1.54, 1.807) is 48.5 Å². The van der Waals surface area contributed by atoms with Gasteiger partial charge in [-0.2, -0.15) is 0 Å². The van der Waals surface area contributed by atoms with Crippen LogP contribution >= 0.6 is 0 Å². The minimum absolute atomic E-state index is 0.000230. The van der Waals surface area contributed by atoms with E-state index in [9.17, 15) is 19.2 Å². The Balaban J connectivity index is 1.42. The molecule has 7 nitrogen and oxygen atoms in total. The molecule has 7 heteroatoms. The average Bonchev–Trinajstić information content (AvgIpc) is 3.04. The highest BCUT2D eigenvalue weighted by Gasteiger charge is 2.54. The van der Waals surface area contributed by atoms with Gasteiger partial charge in [0.25, 0.3) is 5.91 Å². The van der Waals surface area contributed by atoms with Gasteiger partial charge in [0.05, 0.1) is 5.69 Å². The van der Waals surface area contributed by atoms with E-state index in [1.807, 2.05) is 13.0 Å². The summed E-state index contributed by atoms with van der Waals surface area (Å²) in [7, 11) is 0. The molecule has 0 radical (unpaired) electrons. The molecule has 4 rings (SSSR count). The number of nitrogens with one attached hydrogen (secondary N) is 2. The lowest BCUT2D eigenvalue weighted by molar-refractivity contribution is -0.134. The van der Waals surface area contributed by atoms with Crippen molar-refractivity contribution in [1.29, 1.82) is 0 Å². The van der Waals surface area contributed by atoms with Crippen molar-refractivity contribution in [3.8, 4) is 0 Å². The maximum Gasteiger partial charge on any atom is 0.325 e. The van der Waals surface area contributed by atoms with Gasteiger partial charge in [-0.3, -0.25) is 19.3 Å². The fourth-order valence-electron chi connectivity index (χ4n) is 4.66. The standard InChI is InChI=1S/C25H27N3O4/c1-17-9-7-8-15-25(17)23(31)28(24(32)27-25)16-14-21(29)26-20-13-6-5-12-19(20)22(30)18-10-3-2-4-11-18/h2-6,10-13,17H,7-9,14-16H2,1H3,(H,26,29)(H,27,32)/t17-,25-/m1/s1. The SMILES string of the molecule is C[C@@H]1CCCC[C@@]12NC(=O)N(CCC(=O)Nc1ccccc1C(=O)c1ccccc1)C2=O. The van der Waals surface area contributed by atoms with Gasteiger partial charge in [-0.25, -0.2) is 4.79 Å². The van der Waals surface area contributed by atoms with Gasteiger partial charge in [0.15, 0.2) is 5.78 Å². The molecule has 2 aromatic rings. The Labute approximate surface area is 187 Å². The van der Waals surface area contributed by atoms with Crippen LogP contribution in [0.4, 0.5) is 10.5 Å². The first kappa shape index (κ1) is 21.7. The number of hydrogen-bond donors (Lipinski definition) is 2. The second-order valence-electron chi connectivity index (χ2n) is 8.54. The Hall–Kier alpha value is -3.48. The van der Waals surface area contributed by atoms with Crippen molar-refractivity contribution in [2.75, 3.05) is 11.9 Å². The highest BCUT2D eigenvalue weighted by Crippen LogP contribution is 2.38. The van der Waals surface area contributed by atoms with Crippen LogP contribution in [0.1, 0.15) is 54.9 Å². The van der Waals surface area contributed by atoms with Gasteiger partial charge < -0.3 is 10.6 Å². The minimum atomic E-state index is -0.833. The van der Waals surface area contributed by atoms with Crippen LogP contribution in [0.15, 0.2) is 54.6 Å². The second-order valence-corrected chi connectivity index (χ2v) is 8.54. The number of benzene rings is 2. The van der Waals surface area contributed by atoms with Gasteiger partial charge in [0.2, 0.25) is 5.91 Å². The Morgan fingerprint density at radius 3 is 2.53 bits per heavy atom. The largest absolute Gasteiger partial charge is 0.325 e. The van der Waals surface area contributed by atoms with Crippen LogP contribution in [0, 0.1) is 5.92 Å². The Morgan fingerprint density at radius 1 is 1.06 bits per heavy atom. The number of ketones is 1. The van der Waals surface area contributed by atoms with E-state index in [2.05, 4.69) is 10.6 Å². The number of para-hydroxylation sites is 1. The molecule has 1 saturated carbocycles. The summed E-state index contributed by atoms with van der Waals surface area (Å²) >= 11 is 0. The maximum atomic E-state index is 13.0. The van der Waals surface area contributed by atoms with Crippen LogP contribution in [-0.2, 0) is 9.59 Å². The van der Waals surface area contributed by atoms with Crippen LogP contribution in [0.5, 0.6) is 0 Å². The van der Waals surface area contributed by atoms with E-state index in [1.165, 1.54) is 0 Å². The van der Waals surface area contributed by atoms with Crippen LogP contribution < -0.4 is 10.6 Å². The number of carbonyl (C=O) groups excluding carboxylic acids is 4. The number of nitrogens with zero attached hydrogens (tertiary/aromatic N) is 1. The predicted molar refractivity (Wildman–Crippen MR) is 120 cm³/mol. The van der Waals surface area contributed by atoms with E-state index in [0.29, 0.717) is 23.2 Å². The maximum absolute atomic E-state index is 13.0. The van der Waals surface area contributed by atoms with Crippen LogP contribution in [0.2, 0.25) is 0 Å². The Morgan fingerprint density at radius 2 is 1.78 bits per heavy atom. The van der Waals surface area contributed by atoms with Crippen molar-refractivity contribution in [1.82, 2.24) is 10.2 Å². The molecular weight excluding hydrogens is 406 g/mol. The quantitative estimate of drug-likeness (QED) is 0.536. The van der Waals surface area contributed by atoms with E-state index >= 15 is 0 Å². The zero-order valence-electron chi connectivity index (χ0n) is 18.1. The zero-order chi connectivity index (χ0) is 22.7. The second kappa shape index (κ2) is 8.94. The summed E-state index contributed by atoms with van der Waals surface area (Å²) < 4.78 is 0. The van der Waals surface area contributed by atoms with Gasteiger partial charge in [0.1, 0.15) is 5.54 Å². The number of imide groups is 1. The van der Waals surface area contributed by atoms with Crippen molar-refractivity contribution in [3.05, 3.63) is 65.7 Å². The van der Waals surface area contributed by atoms with Gasteiger partial charge in [-0.05, 0) is 30.9 Å². The molecule has 2 atom stereocenters. The summed E-state index contributed by atoms with van der Waals surface area (Å²) in [6.45, 7) is 1.99. The van der Waals surface area contributed by atoms with Gasteiger partial charge in [-0.15, -0.1) is 0 Å². The lowest BCUT2D eigenvalue weighted by Crippen LogP contribution is -2.54. The summed E-state index contributed by atoms with van der Waals surface area (Å²) in [6.07, 6.45) is 3.44. The van der Waals surface area contributed by atoms with Crippen molar-refractivity contribution in [2.24, 2.45) is 5.92 Å². The van der Waals surface area contributed by atoms with Gasteiger partial charge in [0, 0.05) is 24.1 Å². The molecule has 1 spiro atoms. The highest BCUT2D eigenvalue weighted by molar-refractivity contribution is 6.14. The first-order chi connectivity index (χ1) is 15.4. The Bertz CT molecular complexity index is 1050. The summed E-state index contributed by atoms with van der Waals surface area (Å²) in [5, 5.41) is 5.66. The lowest BCUT2D eigenvalue weighted by Gasteiger charge is -2.36. The molecule has 1 aliphatic carbocycles. The molecule has 32 heavy (non-hydrogen) atoms. The number of rotatable bonds is 6. The molecule has 2 N–H and O–H groups in total.